The molecular formula is C21H24N3O3S+. The predicted octanol–water partition coefficient (Wildman–Crippen LogP) is 3.95. The van der Waals surface area contributed by atoms with Gasteiger partial charge >= 0.3 is 5.97 Å². The molecule has 0 amide bonds. The second kappa shape index (κ2) is 7.14. The van der Waals surface area contributed by atoms with Gasteiger partial charge in [-0.2, -0.15) is 0 Å². The molecule has 1 aliphatic heterocycles. The van der Waals surface area contributed by atoms with Crippen LogP contribution in [0.2, 0.25) is 0 Å². The van der Waals surface area contributed by atoms with Gasteiger partial charge in [-0.3, -0.25) is 0 Å². The minimum atomic E-state index is -0.924. The van der Waals surface area contributed by atoms with Crippen molar-refractivity contribution in [2.75, 3.05) is 50.2 Å². The van der Waals surface area contributed by atoms with Crippen molar-refractivity contribution in [1.82, 2.24) is 4.98 Å². The number of aromatic nitrogens is 1. The van der Waals surface area contributed by atoms with Gasteiger partial charge in [-0.1, -0.05) is 0 Å². The van der Waals surface area contributed by atoms with Crippen molar-refractivity contribution in [2.45, 2.75) is 13.8 Å². The molecule has 1 aliphatic rings. The number of aromatic carboxylic acids is 1. The van der Waals surface area contributed by atoms with Crippen molar-refractivity contribution >= 4 is 49.1 Å². The lowest BCUT2D eigenvalue weighted by molar-refractivity contribution is 0.0700. The molecule has 146 valence electrons. The number of fused-ring (bicyclic) bond motifs is 2. The number of hydrogen-bond acceptors (Lipinski definition) is 5. The monoisotopic (exact) mass is 398 g/mol. The molecule has 0 bridgehead atoms. The number of carboxylic acids is 1. The van der Waals surface area contributed by atoms with Gasteiger partial charge in [-0.25, -0.2) is 9.78 Å². The first-order valence-electron chi connectivity index (χ1n) is 9.32. The van der Waals surface area contributed by atoms with E-state index in [1.165, 1.54) is 11.3 Å². The molecule has 0 radical (unpaired) electrons. The lowest BCUT2D eigenvalue weighted by Crippen LogP contribution is -2.36. The number of carboxylic acid groups (broad SMARTS) is 1. The molecule has 7 heteroatoms. The molecule has 1 aromatic heterocycles. The number of nitrogens with zero attached hydrogens (tertiary/aromatic N) is 3. The molecule has 0 atom stereocenters. The first-order chi connectivity index (χ1) is 13.4. The average Bonchev–Trinajstić information content (AvgIpc) is 2.67. The highest BCUT2D eigenvalue weighted by Crippen LogP contribution is 2.38. The summed E-state index contributed by atoms with van der Waals surface area (Å²) in [6, 6.07) is 6.21. The molecule has 28 heavy (non-hydrogen) atoms. The maximum absolute atomic E-state index is 12.1. The first kappa shape index (κ1) is 18.8. The fraction of sp³-hybridized carbons (Fsp3) is 0.381. The quantitative estimate of drug-likeness (QED) is 0.532. The van der Waals surface area contributed by atoms with Crippen LogP contribution in [0.5, 0.6) is 0 Å². The van der Waals surface area contributed by atoms with Crippen LogP contribution in [0.25, 0.3) is 20.4 Å². The van der Waals surface area contributed by atoms with Gasteiger partial charge in [-0.15, -0.1) is 0 Å². The SMILES string of the molecule is Cc1cc(N2CCOCC2)cc2[s+]c3c(C(=O)O)c(N(C)C)cc(C)c3nc12. The van der Waals surface area contributed by atoms with E-state index in [1.807, 2.05) is 32.0 Å². The average molecular weight is 399 g/mol. The van der Waals surface area contributed by atoms with Crippen LogP contribution in [0.15, 0.2) is 18.2 Å². The van der Waals surface area contributed by atoms with Gasteiger partial charge in [0, 0.05) is 38.9 Å². The standard InChI is InChI=1S/C21H23N3O3S/c1-12-9-14(24-5-7-27-8-6-24)11-16-18(12)22-19-13(2)10-15(23(3)4)17(21(25)26)20(19)28-16/h9-11H,5-8H2,1-4H3/p+1. The van der Waals surface area contributed by atoms with Crippen molar-refractivity contribution in [1.29, 1.82) is 0 Å². The van der Waals surface area contributed by atoms with E-state index in [2.05, 4.69) is 24.0 Å². The summed E-state index contributed by atoms with van der Waals surface area (Å²) < 4.78 is 7.20. The Morgan fingerprint density at radius 1 is 1.14 bits per heavy atom. The van der Waals surface area contributed by atoms with Gasteiger partial charge in [0.2, 0.25) is 11.3 Å². The van der Waals surface area contributed by atoms with Crippen LogP contribution in [0.1, 0.15) is 21.5 Å². The zero-order valence-electron chi connectivity index (χ0n) is 16.6. The van der Waals surface area contributed by atoms with E-state index in [9.17, 15) is 9.90 Å². The van der Waals surface area contributed by atoms with Crippen molar-refractivity contribution < 1.29 is 14.6 Å². The molecule has 2 heterocycles. The molecule has 0 saturated carbocycles. The molecule has 1 fully saturated rings. The Morgan fingerprint density at radius 2 is 1.82 bits per heavy atom. The summed E-state index contributed by atoms with van der Waals surface area (Å²) in [4.78, 5) is 21.2. The van der Waals surface area contributed by atoms with E-state index in [1.54, 1.807) is 0 Å². The van der Waals surface area contributed by atoms with E-state index in [0.29, 0.717) is 11.3 Å². The highest BCUT2D eigenvalue weighted by Gasteiger charge is 2.28. The summed E-state index contributed by atoms with van der Waals surface area (Å²) >= 11 is 1.52. The van der Waals surface area contributed by atoms with Gasteiger partial charge < -0.3 is 19.6 Å². The third-order valence-electron chi connectivity index (χ3n) is 5.18. The topological polar surface area (TPSA) is 65.9 Å². The Kier molecular flexibility index (Phi) is 4.81. The predicted molar refractivity (Wildman–Crippen MR) is 115 cm³/mol. The van der Waals surface area contributed by atoms with E-state index >= 15 is 0 Å². The Balaban J connectivity index is 2.01. The van der Waals surface area contributed by atoms with Crippen molar-refractivity contribution in [3.05, 3.63) is 34.9 Å². The highest BCUT2D eigenvalue weighted by molar-refractivity contribution is 7.24. The summed E-state index contributed by atoms with van der Waals surface area (Å²) in [5.74, 6) is -0.924. The first-order valence-corrected chi connectivity index (χ1v) is 10.1. The zero-order chi connectivity index (χ0) is 20.0. The molecule has 0 unspecified atom stereocenters. The lowest BCUT2D eigenvalue weighted by Gasteiger charge is -2.28. The summed E-state index contributed by atoms with van der Waals surface area (Å²) in [6.07, 6.45) is 0. The van der Waals surface area contributed by atoms with Crippen LogP contribution in [0.3, 0.4) is 0 Å². The Labute approximate surface area is 168 Å². The minimum absolute atomic E-state index is 0.319. The van der Waals surface area contributed by atoms with Gasteiger partial charge in [0.1, 0.15) is 11.0 Å². The summed E-state index contributed by atoms with van der Waals surface area (Å²) in [5.41, 5.74) is 5.95. The number of carbonyl (C=O) groups is 1. The Bertz CT molecular complexity index is 1090. The fourth-order valence-corrected chi connectivity index (χ4v) is 5.03. The van der Waals surface area contributed by atoms with Crippen LogP contribution in [0, 0.1) is 13.8 Å². The molecule has 2 aromatic carbocycles. The van der Waals surface area contributed by atoms with Gasteiger partial charge in [-0.05, 0) is 37.1 Å². The van der Waals surface area contributed by atoms with Crippen molar-refractivity contribution in [3.63, 3.8) is 0 Å². The third-order valence-corrected chi connectivity index (χ3v) is 6.32. The maximum atomic E-state index is 12.1. The van der Waals surface area contributed by atoms with Crippen molar-refractivity contribution in [2.24, 2.45) is 0 Å². The van der Waals surface area contributed by atoms with Crippen LogP contribution in [-0.4, -0.2) is 56.5 Å². The molecular weight excluding hydrogens is 374 g/mol. The largest absolute Gasteiger partial charge is 0.477 e. The number of anilines is 2. The maximum Gasteiger partial charge on any atom is 0.343 e. The van der Waals surface area contributed by atoms with Crippen LogP contribution in [-0.2, 0) is 4.74 Å². The number of benzene rings is 2. The molecule has 1 saturated heterocycles. The van der Waals surface area contributed by atoms with Crippen molar-refractivity contribution in [3.8, 4) is 0 Å². The summed E-state index contributed by atoms with van der Waals surface area (Å²) in [5, 5.41) is 9.92. The highest BCUT2D eigenvalue weighted by atomic mass is 32.1. The van der Waals surface area contributed by atoms with Crippen LogP contribution >= 0.6 is 11.3 Å². The molecule has 0 spiro atoms. The number of hydrogen-bond donors (Lipinski definition) is 1. The van der Waals surface area contributed by atoms with E-state index < -0.39 is 5.97 Å². The van der Waals surface area contributed by atoms with Crippen LogP contribution in [0.4, 0.5) is 11.4 Å². The number of aryl methyl sites for hydroxylation is 2. The fourth-order valence-electron chi connectivity index (χ4n) is 3.73. The number of rotatable bonds is 3. The van der Waals surface area contributed by atoms with Crippen LogP contribution < -0.4 is 9.80 Å². The summed E-state index contributed by atoms with van der Waals surface area (Å²) in [7, 11) is 3.74. The Morgan fingerprint density at radius 3 is 2.46 bits per heavy atom. The normalized spacial score (nSPS) is 14.6. The second-order valence-electron chi connectivity index (χ2n) is 7.39. The number of morpholine rings is 1. The van der Waals surface area contributed by atoms with E-state index in [0.717, 1.165) is 63.6 Å². The smallest absolute Gasteiger partial charge is 0.343 e. The second-order valence-corrected chi connectivity index (χ2v) is 8.44. The molecule has 0 aliphatic carbocycles. The van der Waals surface area contributed by atoms with Gasteiger partial charge in [0.15, 0.2) is 5.56 Å². The third kappa shape index (κ3) is 3.14. The molecule has 6 nitrogen and oxygen atoms in total. The van der Waals surface area contributed by atoms with E-state index in [-0.39, 0.29) is 0 Å². The van der Waals surface area contributed by atoms with E-state index in [4.69, 9.17) is 9.72 Å². The van der Waals surface area contributed by atoms with Gasteiger partial charge in [0.05, 0.1) is 18.9 Å². The molecule has 3 aromatic rings. The molecule has 4 rings (SSSR count). The zero-order valence-corrected chi connectivity index (χ0v) is 17.4. The Hall–Kier alpha value is -2.51. The lowest BCUT2D eigenvalue weighted by atomic mass is 10.1. The number of ether oxygens (including phenoxy) is 1. The minimum Gasteiger partial charge on any atom is -0.477 e. The molecule has 1 N–H and O–H groups in total. The van der Waals surface area contributed by atoms with Gasteiger partial charge in [0.25, 0.3) is 9.40 Å². The summed E-state index contributed by atoms with van der Waals surface area (Å²) in [6.45, 7) is 7.24.